The van der Waals surface area contributed by atoms with Crippen molar-refractivity contribution in [2.24, 2.45) is 5.92 Å². The van der Waals surface area contributed by atoms with E-state index in [0.717, 1.165) is 54.0 Å². The first kappa shape index (κ1) is 18.1. The molecule has 1 heterocycles. The van der Waals surface area contributed by atoms with E-state index in [0.29, 0.717) is 6.61 Å². The third-order valence-electron chi connectivity index (χ3n) is 4.07. The minimum atomic E-state index is -0.0833. The summed E-state index contributed by atoms with van der Waals surface area (Å²) in [5, 5.41) is 0. The molecule has 0 spiro atoms. The summed E-state index contributed by atoms with van der Waals surface area (Å²) in [6, 6.07) is 3.90. The second kappa shape index (κ2) is 8.55. The van der Waals surface area contributed by atoms with Gasteiger partial charge in [-0.3, -0.25) is 9.69 Å². The lowest BCUT2D eigenvalue weighted by atomic mass is 9.97. The average molecular weight is 386 g/mol. The van der Waals surface area contributed by atoms with Gasteiger partial charge in [0.15, 0.2) is 0 Å². The summed E-state index contributed by atoms with van der Waals surface area (Å²) in [6.45, 7) is 4.73. The topological polar surface area (TPSA) is 48.0 Å². The fourth-order valence-electron chi connectivity index (χ4n) is 2.94. The Labute approximate surface area is 146 Å². The van der Waals surface area contributed by atoms with E-state index < -0.39 is 0 Å². The molecule has 6 heteroatoms. The SMILES string of the molecule is CCOC(=O)[C@H]1CCCN(Cc2cc(Br)c(OC)cc2OC)C1. The predicted molar refractivity (Wildman–Crippen MR) is 91.9 cm³/mol. The highest BCUT2D eigenvalue weighted by molar-refractivity contribution is 9.10. The van der Waals surface area contributed by atoms with Gasteiger partial charge in [0.2, 0.25) is 0 Å². The molecule has 5 nitrogen and oxygen atoms in total. The van der Waals surface area contributed by atoms with Crippen molar-refractivity contribution in [3.8, 4) is 11.5 Å². The smallest absolute Gasteiger partial charge is 0.310 e. The van der Waals surface area contributed by atoms with Crippen molar-refractivity contribution in [3.63, 3.8) is 0 Å². The number of hydrogen-bond donors (Lipinski definition) is 0. The van der Waals surface area contributed by atoms with Crippen LogP contribution in [0.4, 0.5) is 0 Å². The molecule has 0 aliphatic carbocycles. The standard InChI is InChI=1S/C17H24BrNO4/c1-4-23-17(20)12-6-5-7-19(10-12)11-13-8-14(18)16(22-3)9-15(13)21-2/h8-9,12H,4-7,10-11H2,1-3H3/t12-/m0/s1. The average Bonchev–Trinajstić information content (AvgIpc) is 2.55. The molecule has 0 saturated carbocycles. The summed E-state index contributed by atoms with van der Waals surface area (Å²) in [5.41, 5.74) is 1.07. The lowest BCUT2D eigenvalue weighted by Crippen LogP contribution is -2.39. The second-order valence-corrected chi connectivity index (χ2v) is 6.48. The molecule has 0 radical (unpaired) electrons. The van der Waals surface area contributed by atoms with Crippen molar-refractivity contribution in [2.45, 2.75) is 26.3 Å². The summed E-state index contributed by atoms with van der Waals surface area (Å²) in [4.78, 5) is 14.2. The molecule has 0 bridgehead atoms. The number of rotatable bonds is 6. The third kappa shape index (κ3) is 4.61. The highest BCUT2D eigenvalue weighted by Gasteiger charge is 2.27. The fraction of sp³-hybridized carbons (Fsp3) is 0.588. The number of ether oxygens (including phenoxy) is 3. The highest BCUT2D eigenvalue weighted by atomic mass is 79.9. The van der Waals surface area contributed by atoms with Crippen LogP contribution in [0.2, 0.25) is 0 Å². The summed E-state index contributed by atoms with van der Waals surface area (Å²) >= 11 is 3.52. The molecule has 1 saturated heterocycles. The second-order valence-electron chi connectivity index (χ2n) is 5.62. The van der Waals surface area contributed by atoms with Crippen molar-refractivity contribution in [2.75, 3.05) is 33.9 Å². The van der Waals surface area contributed by atoms with Gasteiger partial charge in [-0.2, -0.15) is 0 Å². The van der Waals surface area contributed by atoms with Gasteiger partial charge in [0.05, 0.1) is 31.2 Å². The van der Waals surface area contributed by atoms with Gasteiger partial charge < -0.3 is 14.2 Å². The Morgan fingerprint density at radius 2 is 2.04 bits per heavy atom. The molecule has 23 heavy (non-hydrogen) atoms. The highest BCUT2D eigenvalue weighted by Crippen LogP contribution is 2.34. The Hall–Kier alpha value is -1.27. The molecule has 1 fully saturated rings. The summed E-state index contributed by atoms with van der Waals surface area (Å²) in [5.74, 6) is 1.42. The van der Waals surface area contributed by atoms with Gasteiger partial charge in [0.1, 0.15) is 11.5 Å². The number of carbonyl (C=O) groups is 1. The lowest BCUT2D eigenvalue weighted by molar-refractivity contribution is -0.150. The van der Waals surface area contributed by atoms with E-state index in [1.54, 1.807) is 14.2 Å². The molecule has 0 unspecified atom stereocenters. The van der Waals surface area contributed by atoms with Crippen molar-refractivity contribution < 1.29 is 19.0 Å². The number of methoxy groups -OCH3 is 2. The van der Waals surface area contributed by atoms with Gasteiger partial charge in [0, 0.05) is 24.7 Å². The largest absolute Gasteiger partial charge is 0.496 e. The first-order valence-electron chi connectivity index (χ1n) is 7.88. The van der Waals surface area contributed by atoms with Crippen LogP contribution in [0, 0.1) is 5.92 Å². The first-order chi connectivity index (χ1) is 11.1. The van der Waals surface area contributed by atoms with Crippen LogP contribution in [0.15, 0.2) is 16.6 Å². The van der Waals surface area contributed by atoms with Gasteiger partial charge in [-0.15, -0.1) is 0 Å². The summed E-state index contributed by atoms with van der Waals surface area (Å²) in [6.07, 6.45) is 1.90. The molecule has 1 aromatic rings. The van der Waals surface area contributed by atoms with Crippen LogP contribution in [-0.2, 0) is 16.1 Å². The number of halogens is 1. The number of hydrogen-bond acceptors (Lipinski definition) is 5. The van der Waals surface area contributed by atoms with E-state index in [2.05, 4.69) is 20.8 Å². The van der Waals surface area contributed by atoms with E-state index in [1.165, 1.54) is 0 Å². The van der Waals surface area contributed by atoms with Crippen molar-refractivity contribution in [3.05, 3.63) is 22.2 Å². The van der Waals surface area contributed by atoms with Gasteiger partial charge in [-0.05, 0) is 48.3 Å². The predicted octanol–water partition coefficient (Wildman–Crippen LogP) is 3.24. The van der Waals surface area contributed by atoms with Gasteiger partial charge in [-0.25, -0.2) is 0 Å². The number of carbonyl (C=O) groups excluding carboxylic acids is 1. The maximum absolute atomic E-state index is 12.0. The Morgan fingerprint density at radius 1 is 1.30 bits per heavy atom. The van der Waals surface area contributed by atoms with E-state index in [-0.39, 0.29) is 11.9 Å². The van der Waals surface area contributed by atoms with Gasteiger partial charge in [0.25, 0.3) is 0 Å². The molecule has 128 valence electrons. The van der Waals surface area contributed by atoms with Crippen LogP contribution in [0.1, 0.15) is 25.3 Å². The minimum absolute atomic E-state index is 0.0311. The van der Waals surface area contributed by atoms with Crippen LogP contribution >= 0.6 is 15.9 Å². The fourth-order valence-corrected chi connectivity index (χ4v) is 3.49. The molecule has 1 aromatic carbocycles. The number of benzene rings is 1. The Bertz CT molecular complexity index is 550. The van der Waals surface area contributed by atoms with Crippen molar-refractivity contribution >= 4 is 21.9 Å². The zero-order valence-electron chi connectivity index (χ0n) is 13.9. The van der Waals surface area contributed by atoms with Crippen LogP contribution < -0.4 is 9.47 Å². The third-order valence-corrected chi connectivity index (χ3v) is 4.69. The monoisotopic (exact) mass is 385 g/mol. The summed E-state index contributed by atoms with van der Waals surface area (Å²) in [7, 11) is 3.29. The number of likely N-dealkylation sites (tertiary alicyclic amines) is 1. The van der Waals surface area contributed by atoms with E-state index in [1.807, 2.05) is 19.1 Å². The molecule has 2 rings (SSSR count). The van der Waals surface area contributed by atoms with Crippen LogP contribution in [0.3, 0.4) is 0 Å². The van der Waals surface area contributed by atoms with Crippen molar-refractivity contribution in [1.82, 2.24) is 4.90 Å². The zero-order chi connectivity index (χ0) is 16.8. The normalized spacial score (nSPS) is 18.5. The van der Waals surface area contributed by atoms with Crippen LogP contribution in [-0.4, -0.2) is 44.8 Å². The van der Waals surface area contributed by atoms with E-state index in [9.17, 15) is 4.79 Å². The molecule has 0 amide bonds. The molecule has 1 atom stereocenters. The Morgan fingerprint density at radius 3 is 2.70 bits per heavy atom. The maximum Gasteiger partial charge on any atom is 0.310 e. The lowest BCUT2D eigenvalue weighted by Gasteiger charge is -2.31. The summed E-state index contributed by atoms with van der Waals surface area (Å²) < 4.78 is 16.8. The number of esters is 1. The van der Waals surface area contributed by atoms with Gasteiger partial charge >= 0.3 is 5.97 Å². The number of nitrogens with zero attached hydrogens (tertiary/aromatic N) is 1. The van der Waals surface area contributed by atoms with E-state index in [4.69, 9.17) is 14.2 Å². The molecular weight excluding hydrogens is 362 g/mol. The quantitative estimate of drug-likeness (QED) is 0.703. The molecule has 1 aliphatic rings. The van der Waals surface area contributed by atoms with Gasteiger partial charge in [-0.1, -0.05) is 0 Å². The first-order valence-corrected chi connectivity index (χ1v) is 8.67. The molecule has 1 aliphatic heterocycles. The number of piperidine rings is 1. The maximum atomic E-state index is 12.0. The zero-order valence-corrected chi connectivity index (χ0v) is 15.5. The van der Waals surface area contributed by atoms with E-state index >= 15 is 0 Å². The molecular formula is C17H24BrNO4. The van der Waals surface area contributed by atoms with Crippen LogP contribution in [0.25, 0.3) is 0 Å². The molecule has 0 N–H and O–H groups in total. The Kier molecular flexibility index (Phi) is 6.72. The minimum Gasteiger partial charge on any atom is -0.496 e. The van der Waals surface area contributed by atoms with Crippen molar-refractivity contribution in [1.29, 1.82) is 0 Å². The van der Waals surface area contributed by atoms with Crippen LogP contribution in [0.5, 0.6) is 11.5 Å². The molecule has 0 aromatic heterocycles. The Balaban J connectivity index is 2.09.